The molecule has 13 heavy (non-hydrogen) atoms. The van der Waals surface area contributed by atoms with Crippen molar-refractivity contribution in [3.05, 3.63) is 28.7 Å². The zero-order valence-corrected chi connectivity index (χ0v) is 7.75. The minimum atomic E-state index is -4.33. The Morgan fingerprint density at radius 1 is 1.62 bits per heavy atom. The monoisotopic (exact) mass is 207 g/mol. The lowest BCUT2D eigenvalue weighted by Crippen LogP contribution is -2.04. The van der Waals surface area contributed by atoms with Crippen LogP contribution < -0.4 is 0 Å². The van der Waals surface area contributed by atoms with Crippen molar-refractivity contribution in [2.75, 3.05) is 0 Å². The fourth-order valence-corrected chi connectivity index (χ4v) is 1.54. The summed E-state index contributed by atoms with van der Waals surface area (Å²) in [6.07, 6.45) is -2.76. The minimum absolute atomic E-state index is 0.132. The van der Waals surface area contributed by atoms with Crippen molar-refractivity contribution in [2.24, 2.45) is 0 Å². The van der Waals surface area contributed by atoms with E-state index in [9.17, 15) is 13.2 Å². The number of halogens is 3. The molecule has 0 radical (unpaired) electrons. The van der Waals surface area contributed by atoms with Crippen molar-refractivity contribution in [1.82, 2.24) is 4.98 Å². The third-order valence-electron chi connectivity index (χ3n) is 1.58. The van der Waals surface area contributed by atoms with Gasteiger partial charge in [-0.1, -0.05) is 13.0 Å². The van der Waals surface area contributed by atoms with Gasteiger partial charge in [-0.25, -0.2) is 4.98 Å². The summed E-state index contributed by atoms with van der Waals surface area (Å²) in [5.41, 5.74) is 0.423. The van der Waals surface area contributed by atoms with Gasteiger partial charge in [0.25, 0.3) is 0 Å². The van der Waals surface area contributed by atoms with Crippen LogP contribution in [0, 0.1) is 0 Å². The molecule has 72 valence electrons. The molecule has 0 amide bonds. The van der Waals surface area contributed by atoms with Crippen molar-refractivity contribution >= 4 is 11.3 Å². The van der Waals surface area contributed by atoms with Crippen LogP contribution in [0.5, 0.6) is 0 Å². The predicted molar refractivity (Wildman–Crippen MR) is 45.7 cm³/mol. The Kier molecular flexibility index (Phi) is 2.75. The molecular formula is C8H8F3NS. The molecule has 1 nitrogen and oxygen atoms in total. The first-order chi connectivity index (χ1) is 5.95. The van der Waals surface area contributed by atoms with Crippen LogP contribution in [0.3, 0.4) is 0 Å². The number of hydrogen-bond acceptors (Lipinski definition) is 2. The van der Waals surface area contributed by atoms with Gasteiger partial charge >= 0.3 is 6.18 Å². The Morgan fingerprint density at radius 2 is 2.23 bits per heavy atom. The number of rotatable bonds is 2. The van der Waals surface area contributed by atoms with E-state index in [0.717, 1.165) is 0 Å². The molecule has 0 saturated carbocycles. The molecule has 0 N–H and O–H groups in total. The Labute approximate surface area is 77.9 Å². The highest BCUT2D eigenvalue weighted by Gasteiger charge is 2.34. The molecule has 1 aromatic heterocycles. The van der Waals surface area contributed by atoms with E-state index in [4.69, 9.17) is 0 Å². The molecule has 0 aromatic carbocycles. The molecule has 0 spiro atoms. The molecule has 0 fully saturated rings. The lowest BCUT2D eigenvalue weighted by atomic mass is 10.1. The largest absolute Gasteiger partial charge is 0.443 e. The maximum atomic E-state index is 12.1. The van der Waals surface area contributed by atoms with Gasteiger partial charge in [0.1, 0.15) is 0 Å². The second-order valence-electron chi connectivity index (χ2n) is 2.60. The van der Waals surface area contributed by atoms with E-state index in [0.29, 0.717) is 17.0 Å². The molecule has 1 atom stereocenters. The smallest absolute Gasteiger partial charge is 0.237 e. The van der Waals surface area contributed by atoms with E-state index in [1.807, 2.05) is 0 Å². The Bertz CT molecular complexity index is 303. The van der Waals surface area contributed by atoms with Gasteiger partial charge in [-0.15, -0.1) is 17.9 Å². The summed E-state index contributed by atoms with van der Waals surface area (Å²) < 4.78 is 36.3. The molecule has 1 aromatic rings. The van der Waals surface area contributed by atoms with E-state index in [2.05, 4.69) is 11.6 Å². The van der Waals surface area contributed by atoms with E-state index in [1.165, 1.54) is 5.38 Å². The van der Waals surface area contributed by atoms with Crippen molar-refractivity contribution in [3.63, 3.8) is 0 Å². The second kappa shape index (κ2) is 3.49. The van der Waals surface area contributed by atoms with Crippen molar-refractivity contribution in [2.45, 2.75) is 19.0 Å². The van der Waals surface area contributed by atoms with Crippen LogP contribution in [0.1, 0.15) is 23.5 Å². The van der Waals surface area contributed by atoms with Crippen LogP contribution in [0.4, 0.5) is 13.2 Å². The predicted octanol–water partition coefficient (Wildman–Crippen LogP) is 3.45. The molecule has 1 unspecified atom stereocenters. The number of nitrogens with zero attached hydrogens (tertiary/aromatic N) is 1. The van der Waals surface area contributed by atoms with Crippen LogP contribution in [-0.2, 0) is 6.18 Å². The average Bonchev–Trinajstić information content (AvgIpc) is 2.50. The van der Waals surface area contributed by atoms with Crippen LogP contribution >= 0.6 is 11.3 Å². The van der Waals surface area contributed by atoms with E-state index in [-0.39, 0.29) is 5.92 Å². The maximum Gasteiger partial charge on any atom is 0.443 e. The van der Waals surface area contributed by atoms with Crippen LogP contribution in [0.2, 0.25) is 0 Å². The molecule has 1 rings (SSSR count). The van der Waals surface area contributed by atoms with Crippen molar-refractivity contribution < 1.29 is 13.2 Å². The normalized spacial score (nSPS) is 14.2. The van der Waals surface area contributed by atoms with E-state index in [1.54, 1.807) is 13.0 Å². The van der Waals surface area contributed by atoms with Gasteiger partial charge in [0.2, 0.25) is 0 Å². The number of allylic oxidation sites excluding steroid dienone is 1. The summed E-state index contributed by atoms with van der Waals surface area (Å²) in [6, 6.07) is 0. The number of alkyl halides is 3. The van der Waals surface area contributed by atoms with E-state index < -0.39 is 11.2 Å². The summed E-state index contributed by atoms with van der Waals surface area (Å²) in [5.74, 6) is -0.132. The van der Waals surface area contributed by atoms with Crippen LogP contribution in [-0.4, -0.2) is 4.98 Å². The first kappa shape index (κ1) is 10.2. The van der Waals surface area contributed by atoms with Crippen molar-refractivity contribution in [3.8, 4) is 0 Å². The molecule has 0 saturated heterocycles. The molecule has 0 aliphatic heterocycles. The van der Waals surface area contributed by atoms with Crippen LogP contribution in [0.15, 0.2) is 18.0 Å². The molecule has 0 aliphatic rings. The zero-order valence-electron chi connectivity index (χ0n) is 6.93. The molecule has 0 bridgehead atoms. The summed E-state index contributed by atoms with van der Waals surface area (Å²) in [6.45, 7) is 5.24. The second-order valence-corrected chi connectivity index (χ2v) is 3.46. The van der Waals surface area contributed by atoms with Gasteiger partial charge in [-0.05, 0) is 0 Å². The molecule has 0 aliphatic carbocycles. The maximum absolute atomic E-state index is 12.1. The number of thiazole rings is 1. The van der Waals surface area contributed by atoms with Gasteiger partial charge in [0.05, 0.1) is 5.69 Å². The SMILES string of the molecule is C=CC(C)c1csc(C(F)(F)F)n1. The number of aromatic nitrogens is 1. The van der Waals surface area contributed by atoms with Gasteiger partial charge in [0.15, 0.2) is 5.01 Å². The lowest BCUT2D eigenvalue weighted by Gasteiger charge is -2.01. The fraction of sp³-hybridized carbons (Fsp3) is 0.375. The highest BCUT2D eigenvalue weighted by Crippen LogP contribution is 2.33. The lowest BCUT2D eigenvalue weighted by molar-refractivity contribution is -0.137. The van der Waals surface area contributed by atoms with Gasteiger partial charge in [-0.2, -0.15) is 13.2 Å². The quantitative estimate of drug-likeness (QED) is 0.677. The fourth-order valence-electron chi connectivity index (χ4n) is 0.746. The summed E-state index contributed by atoms with van der Waals surface area (Å²) >= 11 is 0.616. The standard InChI is InChI=1S/C8H8F3NS/c1-3-5(2)6-4-13-7(12-6)8(9,10)11/h3-5H,1H2,2H3. The molecule has 1 heterocycles. The Hall–Kier alpha value is -0.840. The first-order valence-corrected chi connectivity index (χ1v) is 4.48. The third-order valence-corrected chi connectivity index (χ3v) is 2.49. The topological polar surface area (TPSA) is 12.9 Å². The van der Waals surface area contributed by atoms with Gasteiger partial charge in [0, 0.05) is 11.3 Å². The highest BCUT2D eigenvalue weighted by molar-refractivity contribution is 7.09. The van der Waals surface area contributed by atoms with Gasteiger partial charge < -0.3 is 0 Å². The van der Waals surface area contributed by atoms with E-state index >= 15 is 0 Å². The molecule has 5 heteroatoms. The minimum Gasteiger partial charge on any atom is -0.237 e. The zero-order chi connectivity index (χ0) is 10.1. The Morgan fingerprint density at radius 3 is 2.62 bits per heavy atom. The number of hydrogen-bond donors (Lipinski definition) is 0. The van der Waals surface area contributed by atoms with Crippen LogP contribution in [0.25, 0.3) is 0 Å². The summed E-state index contributed by atoms with van der Waals surface area (Å²) in [7, 11) is 0. The summed E-state index contributed by atoms with van der Waals surface area (Å²) in [4.78, 5) is 3.47. The van der Waals surface area contributed by atoms with Gasteiger partial charge in [-0.3, -0.25) is 0 Å². The molecular weight excluding hydrogens is 199 g/mol. The average molecular weight is 207 g/mol. The first-order valence-electron chi connectivity index (χ1n) is 3.60. The van der Waals surface area contributed by atoms with Crippen molar-refractivity contribution in [1.29, 1.82) is 0 Å². The third kappa shape index (κ3) is 2.30. The highest BCUT2D eigenvalue weighted by atomic mass is 32.1. The summed E-state index contributed by atoms with van der Waals surface area (Å²) in [5, 5.41) is 0.617. The Balaban J connectivity index is 2.93.